The maximum atomic E-state index is 12.2. The predicted octanol–water partition coefficient (Wildman–Crippen LogP) is 2.31. The Morgan fingerprint density at radius 3 is 2.74 bits per heavy atom. The average Bonchev–Trinajstić information content (AvgIpc) is 2.74. The second kappa shape index (κ2) is 4.91. The molecule has 0 amide bonds. The number of nitrogens with zero attached hydrogens (tertiary/aromatic N) is 1. The number of nitrogens with one attached hydrogen (secondary N) is 1. The van der Waals surface area contributed by atoms with E-state index in [2.05, 4.69) is 4.72 Å². The van der Waals surface area contributed by atoms with E-state index in [-0.39, 0.29) is 4.90 Å². The summed E-state index contributed by atoms with van der Waals surface area (Å²) in [6.45, 7) is 1.77. The number of sulfonamides is 1. The van der Waals surface area contributed by atoms with Crippen molar-refractivity contribution in [3.05, 3.63) is 40.8 Å². The van der Waals surface area contributed by atoms with E-state index in [9.17, 15) is 8.42 Å². The van der Waals surface area contributed by atoms with Gasteiger partial charge >= 0.3 is 0 Å². The summed E-state index contributed by atoms with van der Waals surface area (Å²) in [6, 6.07) is 8.09. The summed E-state index contributed by atoms with van der Waals surface area (Å²) in [6.07, 6.45) is 0. The monoisotopic (exact) mass is 293 g/mol. The quantitative estimate of drug-likeness (QED) is 0.849. The van der Waals surface area contributed by atoms with E-state index in [0.29, 0.717) is 16.3 Å². The molecule has 0 atom stereocenters. The van der Waals surface area contributed by atoms with Gasteiger partial charge in [-0.15, -0.1) is 11.3 Å². The fourth-order valence-corrected chi connectivity index (χ4v) is 3.80. The summed E-state index contributed by atoms with van der Waals surface area (Å²) in [5.41, 5.74) is 7.08. The molecule has 1 aromatic carbocycles. The topological polar surface area (TPSA) is 96.0 Å². The lowest BCUT2D eigenvalue weighted by atomic mass is 10.2. The highest BCUT2D eigenvalue weighted by Crippen LogP contribution is 2.26. The highest BCUT2D eigenvalue weighted by molar-refractivity contribution is 7.93. The molecule has 0 bridgehead atoms. The number of nitrogen functional groups attached to an aromatic ring is 1. The van der Waals surface area contributed by atoms with E-state index in [0.717, 1.165) is 16.9 Å². The molecule has 5 nitrogen and oxygen atoms in total. The molecule has 2 aromatic rings. The molecule has 0 spiro atoms. The van der Waals surface area contributed by atoms with Crippen LogP contribution >= 0.6 is 11.3 Å². The molecule has 0 saturated carbocycles. The van der Waals surface area contributed by atoms with E-state index in [1.807, 2.05) is 6.07 Å². The van der Waals surface area contributed by atoms with Crippen molar-refractivity contribution in [1.29, 1.82) is 5.26 Å². The van der Waals surface area contributed by atoms with Gasteiger partial charge in [-0.2, -0.15) is 5.26 Å². The maximum Gasteiger partial charge on any atom is 0.262 e. The molecule has 0 radical (unpaired) electrons. The van der Waals surface area contributed by atoms with Crippen LogP contribution in [0.2, 0.25) is 0 Å². The van der Waals surface area contributed by atoms with Crippen LogP contribution in [0.25, 0.3) is 0 Å². The number of hydrogen-bond acceptors (Lipinski definition) is 5. The first-order valence-electron chi connectivity index (χ1n) is 5.30. The van der Waals surface area contributed by atoms with E-state index < -0.39 is 10.0 Å². The molecule has 0 aliphatic rings. The Hall–Kier alpha value is -2.04. The third-order valence-corrected chi connectivity index (χ3v) is 4.68. The smallest absolute Gasteiger partial charge is 0.262 e. The van der Waals surface area contributed by atoms with E-state index in [4.69, 9.17) is 11.0 Å². The minimum Gasteiger partial charge on any atom is -0.399 e. The molecule has 0 saturated heterocycles. The van der Waals surface area contributed by atoms with Gasteiger partial charge in [0.05, 0.1) is 10.5 Å². The van der Waals surface area contributed by atoms with Gasteiger partial charge in [0, 0.05) is 5.69 Å². The van der Waals surface area contributed by atoms with Crippen LogP contribution in [-0.4, -0.2) is 8.42 Å². The largest absolute Gasteiger partial charge is 0.399 e. The Labute approximate surface area is 115 Å². The molecule has 0 fully saturated rings. The lowest BCUT2D eigenvalue weighted by Gasteiger charge is -2.08. The van der Waals surface area contributed by atoms with Crippen molar-refractivity contribution in [2.75, 3.05) is 10.5 Å². The molecule has 2 rings (SSSR count). The standard InChI is InChI=1S/C12H11N3O2S2/c1-8-4-10(14)6-11(5-8)19(16,17)15-12-9(7-13)2-3-18-12/h2-6,15H,14H2,1H3. The van der Waals surface area contributed by atoms with Gasteiger partial charge in [-0.1, -0.05) is 0 Å². The molecule has 0 unspecified atom stereocenters. The van der Waals surface area contributed by atoms with Gasteiger partial charge in [0.2, 0.25) is 0 Å². The number of nitrogens with two attached hydrogens (primary N) is 1. The number of aryl methyl sites for hydroxylation is 1. The lowest BCUT2D eigenvalue weighted by Crippen LogP contribution is -2.13. The molecular weight excluding hydrogens is 282 g/mol. The minimum absolute atomic E-state index is 0.0855. The van der Waals surface area contributed by atoms with Crippen molar-refractivity contribution >= 4 is 32.0 Å². The second-order valence-corrected chi connectivity index (χ2v) is 6.56. The van der Waals surface area contributed by atoms with Gasteiger partial charge in [0.15, 0.2) is 0 Å². The van der Waals surface area contributed by atoms with Crippen LogP contribution in [0.5, 0.6) is 0 Å². The zero-order chi connectivity index (χ0) is 14.0. The van der Waals surface area contributed by atoms with Gasteiger partial charge in [-0.3, -0.25) is 4.72 Å². The number of thiophene rings is 1. The maximum absolute atomic E-state index is 12.2. The first-order valence-corrected chi connectivity index (χ1v) is 7.66. The Kier molecular flexibility index (Phi) is 3.46. The van der Waals surface area contributed by atoms with Gasteiger partial charge in [0.25, 0.3) is 10.0 Å². The molecule has 19 heavy (non-hydrogen) atoms. The van der Waals surface area contributed by atoms with Gasteiger partial charge in [-0.25, -0.2) is 8.42 Å². The molecule has 1 aromatic heterocycles. The first kappa shape index (κ1) is 13.4. The zero-order valence-electron chi connectivity index (χ0n) is 10.0. The number of rotatable bonds is 3. The van der Waals surface area contributed by atoms with Crippen LogP contribution in [0, 0.1) is 18.3 Å². The van der Waals surface area contributed by atoms with Crippen LogP contribution in [0.3, 0.4) is 0 Å². The molecule has 1 heterocycles. The van der Waals surface area contributed by atoms with E-state index in [1.165, 1.54) is 12.1 Å². The van der Waals surface area contributed by atoms with Crippen LogP contribution in [-0.2, 0) is 10.0 Å². The van der Waals surface area contributed by atoms with Crippen molar-refractivity contribution < 1.29 is 8.42 Å². The highest BCUT2D eigenvalue weighted by atomic mass is 32.2. The highest BCUT2D eigenvalue weighted by Gasteiger charge is 2.17. The second-order valence-electron chi connectivity index (χ2n) is 3.96. The summed E-state index contributed by atoms with van der Waals surface area (Å²) in [5.74, 6) is 0. The molecule has 7 heteroatoms. The zero-order valence-corrected chi connectivity index (χ0v) is 11.7. The van der Waals surface area contributed by atoms with Crippen molar-refractivity contribution in [2.24, 2.45) is 0 Å². The summed E-state index contributed by atoms with van der Waals surface area (Å²) >= 11 is 1.16. The summed E-state index contributed by atoms with van der Waals surface area (Å²) in [4.78, 5) is 0.0855. The summed E-state index contributed by atoms with van der Waals surface area (Å²) < 4.78 is 26.8. The van der Waals surface area contributed by atoms with E-state index >= 15 is 0 Å². The molecule has 98 valence electrons. The van der Waals surface area contributed by atoms with Crippen molar-refractivity contribution in [1.82, 2.24) is 0 Å². The van der Waals surface area contributed by atoms with Gasteiger partial charge in [0.1, 0.15) is 11.1 Å². The summed E-state index contributed by atoms with van der Waals surface area (Å²) in [7, 11) is -3.73. The minimum atomic E-state index is -3.73. The van der Waals surface area contributed by atoms with Crippen LogP contribution in [0.1, 0.15) is 11.1 Å². The summed E-state index contributed by atoms with van der Waals surface area (Å²) in [5, 5.41) is 10.8. The predicted molar refractivity (Wildman–Crippen MR) is 75.4 cm³/mol. The normalized spacial score (nSPS) is 10.9. The fraction of sp³-hybridized carbons (Fsp3) is 0.0833. The number of benzene rings is 1. The molecule has 0 aliphatic carbocycles. The van der Waals surface area contributed by atoms with Crippen molar-refractivity contribution in [2.45, 2.75) is 11.8 Å². The number of hydrogen-bond donors (Lipinski definition) is 2. The van der Waals surface area contributed by atoms with Crippen LogP contribution in [0.4, 0.5) is 10.7 Å². The SMILES string of the molecule is Cc1cc(N)cc(S(=O)(=O)Nc2sccc2C#N)c1. The molecule has 0 aliphatic heterocycles. The molecule has 3 N–H and O–H groups in total. The lowest BCUT2D eigenvalue weighted by molar-refractivity contribution is 0.601. The number of nitriles is 1. The number of anilines is 2. The molecular formula is C12H11N3O2S2. The first-order chi connectivity index (χ1) is 8.92. The third kappa shape index (κ3) is 2.86. The van der Waals surface area contributed by atoms with E-state index in [1.54, 1.807) is 24.4 Å². The van der Waals surface area contributed by atoms with Crippen molar-refractivity contribution in [3.63, 3.8) is 0 Å². The Morgan fingerprint density at radius 2 is 2.11 bits per heavy atom. The third-order valence-electron chi connectivity index (χ3n) is 2.40. The average molecular weight is 293 g/mol. The van der Waals surface area contributed by atoms with Gasteiger partial charge in [-0.05, 0) is 42.1 Å². The Morgan fingerprint density at radius 1 is 1.37 bits per heavy atom. The van der Waals surface area contributed by atoms with Gasteiger partial charge < -0.3 is 5.73 Å². The van der Waals surface area contributed by atoms with Crippen molar-refractivity contribution in [3.8, 4) is 6.07 Å². The van der Waals surface area contributed by atoms with Crippen LogP contribution < -0.4 is 10.5 Å². The fourth-order valence-electron chi connectivity index (χ4n) is 1.59. The Bertz CT molecular complexity index is 737. The Balaban J connectivity index is 2.41. The van der Waals surface area contributed by atoms with Crippen LogP contribution in [0.15, 0.2) is 34.5 Å².